The Morgan fingerprint density at radius 3 is 2.52 bits per heavy atom. The number of halogens is 1. The molecule has 4 heteroatoms. The lowest BCUT2D eigenvalue weighted by Gasteiger charge is -2.08. The summed E-state index contributed by atoms with van der Waals surface area (Å²) in [6.45, 7) is 0. The lowest BCUT2D eigenvalue weighted by molar-refractivity contribution is 0.102. The number of amides is 1. The molecule has 0 spiro atoms. The number of carbonyl (C=O) groups is 1. The molecule has 0 heterocycles. The van der Waals surface area contributed by atoms with E-state index in [1.54, 1.807) is 12.1 Å². The highest BCUT2D eigenvalue weighted by Gasteiger charge is 2.12. The summed E-state index contributed by atoms with van der Waals surface area (Å²) in [5.74, 6) is -0.388. The van der Waals surface area contributed by atoms with Crippen LogP contribution in [0.15, 0.2) is 65.1 Å². The predicted octanol–water partition coefficient (Wildman–Crippen LogP) is 4.56. The highest BCUT2D eigenvalue weighted by Crippen LogP contribution is 2.24. The second-order valence-corrected chi connectivity index (χ2v) is 5.59. The van der Waals surface area contributed by atoms with Crippen molar-refractivity contribution in [2.75, 3.05) is 5.32 Å². The molecule has 3 nitrogen and oxygen atoms in total. The first-order chi connectivity index (χ1) is 10.1. The van der Waals surface area contributed by atoms with E-state index in [9.17, 15) is 9.90 Å². The van der Waals surface area contributed by atoms with Crippen molar-refractivity contribution in [1.29, 1.82) is 0 Å². The van der Waals surface area contributed by atoms with Crippen LogP contribution in [0.5, 0.6) is 5.75 Å². The molecular weight excluding hydrogens is 330 g/mol. The summed E-state index contributed by atoms with van der Waals surface area (Å²) >= 11 is 3.29. The molecule has 0 fully saturated rings. The Kier molecular flexibility index (Phi) is 3.62. The molecule has 0 saturated carbocycles. The average molecular weight is 342 g/mol. The van der Waals surface area contributed by atoms with Crippen LogP contribution in [0, 0.1) is 0 Å². The first-order valence-electron chi connectivity index (χ1n) is 6.42. The van der Waals surface area contributed by atoms with E-state index in [-0.39, 0.29) is 17.2 Å². The molecular formula is C17H12BrNO2. The number of aromatic hydroxyl groups is 1. The smallest absolute Gasteiger partial charge is 0.259 e. The molecule has 3 aromatic rings. The fraction of sp³-hybridized carbons (Fsp3) is 0. The fourth-order valence-corrected chi connectivity index (χ4v) is 2.52. The maximum Gasteiger partial charge on any atom is 0.259 e. The third-order valence-corrected chi connectivity index (χ3v) is 3.70. The maximum atomic E-state index is 12.2. The number of phenolic OH excluding ortho intramolecular Hbond substituents is 1. The second kappa shape index (κ2) is 5.58. The SMILES string of the molecule is O=C(Nc1ccc2ccccc2c1)c1cc(Br)ccc1O. The molecule has 0 aliphatic rings. The number of fused-ring (bicyclic) bond motifs is 1. The van der Waals surface area contributed by atoms with E-state index in [1.807, 2.05) is 42.5 Å². The summed E-state index contributed by atoms with van der Waals surface area (Å²) in [4.78, 5) is 12.2. The average Bonchev–Trinajstić information content (AvgIpc) is 2.49. The third kappa shape index (κ3) is 2.90. The van der Waals surface area contributed by atoms with E-state index in [4.69, 9.17) is 0 Å². The number of anilines is 1. The molecule has 0 aromatic heterocycles. The molecule has 0 radical (unpaired) electrons. The van der Waals surface area contributed by atoms with Gasteiger partial charge < -0.3 is 10.4 Å². The number of benzene rings is 3. The highest BCUT2D eigenvalue weighted by atomic mass is 79.9. The lowest BCUT2D eigenvalue weighted by atomic mass is 10.1. The fourth-order valence-electron chi connectivity index (χ4n) is 2.16. The van der Waals surface area contributed by atoms with Gasteiger partial charge in [0, 0.05) is 10.2 Å². The Balaban J connectivity index is 1.90. The van der Waals surface area contributed by atoms with Gasteiger partial charge in [-0.05, 0) is 41.1 Å². The van der Waals surface area contributed by atoms with Gasteiger partial charge >= 0.3 is 0 Å². The van der Waals surface area contributed by atoms with Crippen molar-refractivity contribution in [1.82, 2.24) is 0 Å². The molecule has 2 N–H and O–H groups in total. The first kappa shape index (κ1) is 13.6. The quantitative estimate of drug-likeness (QED) is 0.717. The van der Waals surface area contributed by atoms with Crippen LogP contribution in [0.2, 0.25) is 0 Å². The number of phenols is 1. The number of rotatable bonds is 2. The summed E-state index contributed by atoms with van der Waals surface area (Å²) in [6, 6.07) is 18.4. The molecule has 0 atom stereocenters. The first-order valence-corrected chi connectivity index (χ1v) is 7.21. The van der Waals surface area contributed by atoms with Crippen molar-refractivity contribution >= 4 is 38.3 Å². The van der Waals surface area contributed by atoms with Gasteiger partial charge in [0.2, 0.25) is 0 Å². The van der Waals surface area contributed by atoms with E-state index in [2.05, 4.69) is 21.2 Å². The standard InChI is InChI=1S/C17H12BrNO2/c18-13-6-8-16(20)15(10-13)17(21)19-14-7-5-11-3-1-2-4-12(11)9-14/h1-10,20H,(H,19,21). The zero-order valence-corrected chi connectivity index (χ0v) is 12.6. The van der Waals surface area contributed by atoms with Gasteiger partial charge in [-0.1, -0.05) is 46.3 Å². The molecule has 0 unspecified atom stereocenters. The van der Waals surface area contributed by atoms with E-state index in [0.29, 0.717) is 5.69 Å². The lowest BCUT2D eigenvalue weighted by Crippen LogP contribution is -2.12. The van der Waals surface area contributed by atoms with Crippen LogP contribution in [0.25, 0.3) is 10.8 Å². The monoisotopic (exact) mass is 341 g/mol. The van der Waals surface area contributed by atoms with Crippen molar-refractivity contribution in [2.45, 2.75) is 0 Å². The van der Waals surface area contributed by atoms with Crippen LogP contribution in [-0.2, 0) is 0 Å². The molecule has 0 saturated heterocycles. The van der Waals surface area contributed by atoms with E-state index in [0.717, 1.165) is 15.2 Å². The Bertz CT molecular complexity index is 830. The highest BCUT2D eigenvalue weighted by molar-refractivity contribution is 9.10. The van der Waals surface area contributed by atoms with Crippen molar-refractivity contribution in [3.8, 4) is 5.75 Å². The summed E-state index contributed by atoms with van der Waals surface area (Å²) in [7, 11) is 0. The largest absolute Gasteiger partial charge is 0.507 e. The minimum atomic E-state index is -0.343. The summed E-state index contributed by atoms with van der Waals surface area (Å²) in [5.41, 5.74) is 0.926. The van der Waals surface area contributed by atoms with Gasteiger partial charge in [0.1, 0.15) is 5.75 Å². The van der Waals surface area contributed by atoms with Crippen LogP contribution in [0.4, 0.5) is 5.69 Å². The van der Waals surface area contributed by atoms with Gasteiger partial charge in [-0.15, -0.1) is 0 Å². The van der Waals surface area contributed by atoms with Crippen LogP contribution in [0.1, 0.15) is 10.4 Å². The maximum absolute atomic E-state index is 12.2. The minimum absolute atomic E-state index is 0.0449. The van der Waals surface area contributed by atoms with Gasteiger partial charge in [-0.25, -0.2) is 0 Å². The van der Waals surface area contributed by atoms with Crippen LogP contribution in [-0.4, -0.2) is 11.0 Å². The number of hydrogen-bond donors (Lipinski definition) is 2. The van der Waals surface area contributed by atoms with Crippen molar-refractivity contribution in [3.63, 3.8) is 0 Å². The molecule has 0 aliphatic carbocycles. The summed E-state index contributed by atoms with van der Waals surface area (Å²) < 4.78 is 0.740. The number of nitrogens with one attached hydrogen (secondary N) is 1. The van der Waals surface area contributed by atoms with Gasteiger partial charge in [-0.2, -0.15) is 0 Å². The number of hydrogen-bond acceptors (Lipinski definition) is 2. The van der Waals surface area contributed by atoms with Crippen LogP contribution >= 0.6 is 15.9 Å². The van der Waals surface area contributed by atoms with Gasteiger partial charge in [-0.3, -0.25) is 4.79 Å². The van der Waals surface area contributed by atoms with Crippen molar-refractivity contribution in [3.05, 3.63) is 70.7 Å². The Hall–Kier alpha value is -2.33. The van der Waals surface area contributed by atoms with Crippen LogP contribution < -0.4 is 5.32 Å². The zero-order chi connectivity index (χ0) is 14.8. The Labute approximate surface area is 130 Å². The minimum Gasteiger partial charge on any atom is -0.507 e. The molecule has 0 bridgehead atoms. The Morgan fingerprint density at radius 1 is 0.952 bits per heavy atom. The topological polar surface area (TPSA) is 49.3 Å². The van der Waals surface area contributed by atoms with Crippen molar-refractivity contribution in [2.24, 2.45) is 0 Å². The van der Waals surface area contributed by atoms with E-state index in [1.165, 1.54) is 6.07 Å². The summed E-state index contributed by atoms with van der Waals surface area (Å²) in [5, 5.41) is 14.7. The third-order valence-electron chi connectivity index (χ3n) is 3.21. The van der Waals surface area contributed by atoms with Gasteiger partial charge in [0.25, 0.3) is 5.91 Å². The summed E-state index contributed by atoms with van der Waals surface area (Å²) in [6.07, 6.45) is 0. The van der Waals surface area contributed by atoms with Crippen molar-refractivity contribution < 1.29 is 9.90 Å². The van der Waals surface area contributed by atoms with E-state index >= 15 is 0 Å². The number of carbonyl (C=O) groups excluding carboxylic acids is 1. The molecule has 104 valence electrons. The zero-order valence-electron chi connectivity index (χ0n) is 11.0. The molecule has 3 rings (SSSR count). The van der Waals surface area contributed by atoms with Crippen LogP contribution in [0.3, 0.4) is 0 Å². The molecule has 3 aromatic carbocycles. The predicted molar refractivity (Wildman–Crippen MR) is 87.7 cm³/mol. The molecule has 1 amide bonds. The van der Waals surface area contributed by atoms with E-state index < -0.39 is 0 Å². The molecule has 21 heavy (non-hydrogen) atoms. The van der Waals surface area contributed by atoms with Gasteiger partial charge in [0.15, 0.2) is 0 Å². The normalized spacial score (nSPS) is 10.5. The molecule has 0 aliphatic heterocycles. The van der Waals surface area contributed by atoms with Gasteiger partial charge in [0.05, 0.1) is 5.56 Å². The Morgan fingerprint density at radius 2 is 1.71 bits per heavy atom. The second-order valence-electron chi connectivity index (χ2n) is 4.68.